The Morgan fingerprint density at radius 3 is 2.54 bits per heavy atom. The quantitative estimate of drug-likeness (QED) is 0.555. The standard InChI is InChI=1S/C20H17FN6O/c21-15-8-6-14(7-9-15)18-19(27(13-11-22)26-25-18)17-10-12-23-20(24-17)28-16-4-2-1-3-5-16/h1-10,12H,11,13,22H2. The number of hydrogen-bond donors (Lipinski definition) is 1. The average molecular weight is 376 g/mol. The lowest BCUT2D eigenvalue weighted by atomic mass is 10.1. The van der Waals surface area contributed by atoms with Gasteiger partial charge in [0.05, 0.1) is 12.2 Å². The largest absolute Gasteiger partial charge is 0.424 e. The van der Waals surface area contributed by atoms with Crippen LogP contribution in [0.15, 0.2) is 66.9 Å². The molecule has 0 amide bonds. The second-order valence-corrected chi connectivity index (χ2v) is 5.94. The number of nitrogens with zero attached hydrogens (tertiary/aromatic N) is 5. The molecule has 0 aliphatic carbocycles. The van der Waals surface area contributed by atoms with Crippen molar-refractivity contribution >= 4 is 0 Å². The first-order valence-electron chi connectivity index (χ1n) is 8.70. The molecular formula is C20H17FN6O. The van der Waals surface area contributed by atoms with Crippen LogP contribution >= 0.6 is 0 Å². The predicted octanol–water partition coefficient (Wildman–Crippen LogP) is 3.29. The van der Waals surface area contributed by atoms with Crippen molar-refractivity contribution < 1.29 is 9.13 Å². The number of aromatic nitrogens is 5. The van der Waals surface area contributed by atoms with E-state index in [9.17, 15) is 4.39 Å². The Labute approximate surface area is 160 Å². The fourth-order valence-electron chi connectivity index (χ4n) is 2.76. The van der Waals surface area contributed by atoms with Crippen molar-refractivity contribution in [2.45, 2.75) is 6.54 Å². The number of para-hydroxylation sites is 1. The zero-order valence-corrected chi connectivity index (χ0v) is 14.9. The molecule has 140 valence electrons. The Balaban J connectivity index is 1.76. The molecule has 2 aromatic heterocycles. The Morgan fingerprint density at radius 1 is 1.00 bits per heavy atom. The third-order valence-electron chi connectivity index (χ3n) is 4.02. The second kappa shape index (κ2) is 7.93. The van der Waals surface area contributed by atoms with Crippen molar-refractivity contribution in [1.82, 2.24) is 25.0 Å². The summed E-state index contributed by atoms with van der Waals surface area (Å²) in [4.78, 5) is 8.68. The van der Waals surface area contributed by atoms with E-state index in [4.69, 9.17) is 10.5 Å². The summed E-state index contributed by atoms with van der Waals surface area (Å²) in [5, 5.41) is 8.44. The van der Waals surface area contributed by atoms with E-state index in [0.717, 1.165) is 5.56 Å². The van der Waals surface area contributed by atoms with E-state index in [1.807, 2.05) is 30.3 Å². The van der Waals surface area contributed by atoms with Gasteiger partial charge in [0, 0.05) is 18.3 Å². The molecule has 2 heterocycles. The van der Waals surface area contributed by atoms with Gasteiger partial charge in [-0.2, -0.15) is 4.98 Å². The normalized spacial score (nSPS) is 10.8. The van der Waals surface area contributed by atoms with Crippen LogP contribution in [0.4, 0.5) is 4.39 Å². The first kappa shape index (κ1) is 17.7. The highest BCUT2D eigenvalue weighted by atomic mass is 19.1. The molecule has 2 N–H and O–H groups in total. The molecule has 0 radical (unpaired) electrons. The van der Waals surface area contributed by atoms with Crippen LogP contribution in [0.25, 0.3) is 22.6 Å². The van der Waals surface area contributed by atoms with E-state index < -0.39 is 0 Å². The highest BCUT2D eigenvalue weighted by Gasteiger charge is 2.18. The summed E-state index contributed by atoms with van der Waals surface area (Å²) >= 11 is 0. The molecule has 2 aromatic carbocycles. The molecule has 4 rings (SSSR count). The third kappa shape index (κ3) is 3.72. The van der Waals surface area contributed by atoms with Crippen molar-refractivity contribution in [1.29, 1.82) is 0 Å². The lowest BCUT2D eigenvalue weighted by Crippen LogP contribution is -2.12. The smallest absolute Gasteiger partial charge is 0.322 e. The molecule has 0 saturated heterocycles. The molecule has 0 aliphatic rings. The van der Waals surface area contributed by atoms with Crippen LogP contribution in [-0.2, 0) is 6.54 Å². The van der Waals surface area contributed by atoms with Crippen LogP contribution in [-0.4, -0.2) is 31.5 Å². The van der Waals surface area contributed by atoms with Crippen LogP contribution < -0.4 is 10.5 Å². The number of ether oxygens (including phenoxy) is 1. The summed E-state index contributed by atoms with van der Waals surface area (Å²) in [5.74, 6) is 0.312. The van der Waals surface area contributed by atoms with Gasteiger partial charge in [-0.25, -0.2) is 14.1 Å². The van der Waals surface area contributed by atoms with Crippen molar-refractivity contribution in [3.8, 4) is 34.4 Å². The molecule has 0 bridgehead atoms. The minimum Gasteiger partial charge on any atom is -0.424 e. The van der Waals surface area contributed by atoms with Crippen LogP contribution in [0.1, 0.15) is 0 Å². The summed E-state index contributed by atoms with van der Waals surface area (Å²) in [6.07, 6.45) is 1.61. The van der Waals surface area contributed by atoms with Crippen molar-refractivity contribution in [3.05, 3.63) is 72.7 Å². The van der Waals surface area contributed by atoms with Gasteiger partial charge in [0.15, 0.2) is 0 Å². The third-order valence-corrected chi connectivity index (χ3v) is 4.02. The molecule has 8 heteroatoms. The molecule has 0 spiro atoms. The van der Waals surface area contributed by atoms with Gasteiger partial charge in [-0.1, -0.05) is 23.4 Å². The molecule has 0 aliphatic heterocycles. The van der Waals surface area contributed by atoms with E-state index >= 15 is 0 Å². The van der Waals surface area contributed by atoms with Crippen LogP contribution in [0.5, 0.6) is 11.8 Å². The van der Waals surface area contributed by atoms with Gasteiger partial charge in [-0.3, -0.25) is 0 Å². The second-order valence-electron chi connectivity index (χ2n) is 5.94. The zero-order chi connectivity index (χ0) is 19.3. The number of nitrogens with two attached hydrogens (primary N) is 1. The fourth-order valence-corrected chi connectivity index (χ4v) is 2.76. The Bertz CT molecular complexity index is 1070. The van der Waals surface area contributed by atoms with Gasteiger partial charge in [0.25, 0.3) is 0 Å². The van der Waals surface area contributed by atoms with Crippen LogP contribution in [0, 0.1) is 5.82 Å². The van der Waals surface area contributed by atoms with Crippen molar-refractivity contribution in [3.63, 3.8) is 0 Å². The van der Waals surface area contributed by atoms with Gasteiger partial charge < -0.3 is 10.5 Å². The molecule has 0 atom stereocenters. The minimum absolute atomic E-state index is 0.203. The SMILES string of the molecule is NCCn1nnc(-c2ccc(F)cc2)c1-c1ccnc(Oc2ccccc2)n1. The van der Waals surface area contributed by atoms with Crippen LogP contribution in [0.3, 0.4) is 0 Å². The van der Waals surface area contributed by atoms with Gasteiger partial charge >= 0.3 is 6.01 Å². The van der Waals surface area contributed by atoms with E-state index in [0.29, 0.717) is 35.9 Å². The first-order chi connectivity index (χ1) is 13.7. The number of benzene rings is 2. The van der Waals surface area contributed by atoms with Crippen molar-refractivity contribution in [2.75, 3.05) is 6.54 Å². The minimum atomic E-state index is -0.319. The predicted molar refractivity (Wildman–Crippen MR) is 102 cm³/mol. The first-order valence-corrected chi connectivity index (χ1v) is 8.70. The maximum atomic E-state index is 13.3. The monoisotopic (exact) mass is 376 g/mol. The molecule has 4 aromatic rings. The highest BCUT2D eigenvalue weighted by molar-refractivity contribution is 5.76. The van der Waals surface area contributed by atoms with E-state index in [1.54, 1.807) is 29.1 Å². The Hall–Kier alpha value is -3.65. The molecule has 0 fully saturated rings. The number of halogens is 1. The Morgan fingerprint density at radius 2 is 1.79 bits per heavy atom. The van der Waals surface area contributed by atoms with Gasteiger partial charge in [0.2, 0.25) is 0 Å². The highest BCUT2D eigenvalue weighted by Crippen LogP contribution is 2.30. The molecule has 0 unspecified atom stereocenters. The van der Waals surface area contributed by atoms with Crippen molar-refractivity contribution in [2.24, 2.45) is 5.73 Å². The summed E-state index contributed by atoms with van der Waals surface area (Å²) in [6, 6.07) is 17.3. The topological polar surface area (TPSA) is 91.7 Å². The lowest BCUT2D eigenvalue weighted by Gasteiger charge is -2.09. The van der Waals surface area contributed by atoms with E-state index in [2.05, 4.69) is 20.3 Å². The molecular weight excluding hydrogens is 359 g/mol. The summed E-state index contributed by atoms with van der Waals surface area (Å²) in [7, 11) is 0. The molecule has 0 saturated carbocycles. The number of rotatable bonds is 6. The van der Waals surface area contributed by atoms with Gasteiger partial charge in [-0.15, -0.1) is 5.10 Å². The molecule has 28 heavy (non-hydrogen) atoms. The lowest BCUT2D eigenvalue weighted by molar-refractivity contribution is 0.442. The zero-order valence-electron chi connectivity index (χ0n) is 14.9. The van der Waals surface area contributed by atoms with E-state index in [1.165, 1.54) is 12.1 Å². The van der Waals surface area contributed by atoms with Gasteiger partial charge in [0.1, 0.15) is 23.0 Å². The molecule has 7 nitrogen and oxygen atoms in total. The maximum Gasteiger partial charge on any atom is 0.322 e. The van der Waals surface area contributed by atoms with Gasteiger partial charge in [-0.05, 0) is 42.5 Å². The fraction of sp³-hybridized carbons (Fsp3) is 0.100. The summed E-state index contributed by atoms with van der Waals surface area (Å²) in [5.41, 5.74) is 8.27. The van der Waals surface area contributed by atoms with E-state index in [-0.39, 0.29) is 11.8 Å². The summed E-state index contributed by atoms with van der Waals surface area (Å²) < 4.78 is 20.7. The Kier molecular flexibility index (Phi) is 5.03. The van der Waals surface area contributed by atoms with Crippen LogP contribution in [0.2, 0.25) is 0 Å². The number of hydrogen-bond acceptors (Lipinski definition) is 6. The maximum absolute atomic E-state index is 13.3. The summed E-state index contributed by atoms with van der Waals surface area (Å²) in [6.45, 7) is 0.847. The average Bonchev–Trinajstić information content (AvgIpc) is 3.13.